The van der Waals surface area contributed by atoms with E-state index in [0.717, 1.165) is 35.7 Å². The maximum atomic E-state index is 6.28. The Labute approximate surface area is 123 Å². The first kappa shape index (κ1) is 14.4. The van der Waals surface area contributed by atoms with Gasteiger partial charge in [-0.3, -0.25) is 4.68 Å². The third kappa shape index (κ3) is 3.48. The van der Waals surface area contributed by atoms with Crippen LogP contribution in [0.3, 0.4) is 0 Å². The average molecular weight is 298 g/mol. The topological polar surface area (TPSA) is 30.7 Å². The van der Waals surface area contributed by atoms with E-state index < -0.39 is 0 Å². The highest BCUT2D eigenvalue weighted by Gasteiger charge is 2.15. The minimum absolute atomic E-state index is 0.340. The molecule has 1 atom stereocenters. The second kappa shape index (κ2) is 6.40. The zero-order valence-corrected chi connectivity index (χ0v) is 12.6. The van der Waals surface area contributed by atoms with Crippen LogP contribution in [0, 0.1) is 0 Å². The third-order valence-corrected chi connectivity index (χ3v) is 3.82. The predicted molar refractivity (Wildman–Crippen MR) is 78.9 cm³/mol. The fraction of sp³-hybridized carbons (Fsp3) is 0.429. The molecule has 0 N–H and O–H groups in total. The summed E-state index contributed by atoms with van der Waals surface area (Å²) in [4.78, 5) is 0. The van der Waals surface area contributed by atoms with Gasteiger partial charge in [-0.05, 0) is 37.0 Å². The monoisotopic (exact) mass is 297 g/mol. The second-order valence-electron chi connectivity index (χ2n) is 4.54. The Hall–Kier alpha value is -1.06. The highest BCUT2D eigenvalue weighted by Crippen LogP contribution is 2.31. The van der Waals surface area contributed by atoms with Gasteiger partial charge in [-0.25, -0.2) is 0 Å². The molecule has 1 aromatic carbocycles. The lowest BCUT2D eigenvalue weighted by Gasteiger charge is -2.15. The van der Waals surface area contributed by atoms with Gasteiger partial charge in [0, 0.05) is 29.2 Å². The molecule has 0 aliphatic rings. The molecule has 0 saturated heterocycles. The minimum atomic E-state index is 0.340. The zero-order chi connectivity index (χ0) is 13.8. The Kier molecular flexibility index (Phi) is 4.83. The van der Waals surface area contributed by atoms with Crippen LogP contribution in [0.4, 0.5) is 0 Å². The largest absolute Gasteiger partial charge is 0.253 e. The summed E-state index contributed by atoms with van der Waals surface area (Å²) in [5.74, 6) is 0.340. The van der Waals surface area contributed by atoms with Crippen LogP contribution in [0.2, 0.25) is 10.0 Å². The Morgan fingerprint density at radius 2 is 2.05 bits per heavy atom. The second-order valence-corrected chi connectivity index (χ2v) is 5.38. The van der Waals surface area contributed by atoms with Crippen molar-refractivity contribution in [1.29, 1.82) is 0 Å². The van der Waals surface area contributed by atoms with E-state index in [4.69, 9.17) is 23.2 Å². The lowest BCUT2D eigenvalue weighted by molar-refractivity contribution is 0.624. The highest BCUT2D eigenvalue weighted by molar-refractivity contribution is 6.35. The summed E-state index contributed by atoms with van der Waals surface area (Å²) in [6.45, 7) is 5.04. The van der Waals surface area contributed by atoms with Gasteiger partial charge in [0.1, 0.15) is 0 Å². The molecule has 0 aliphatic heterocycles. The van der Waals surface area contributed by atoms with Crippen molar-refractivity contribution in [2.45, 2.75) is 39.2 Å². The number of halogens is 2. The predicted octanol–water partition coefficient (Wildman–Crippen LogP) is 4.34. The van der Waals surface area contributed by atoms with Gasteiger partial charge in [0.05, 0.1) is 5.69 Å². The number of rotatable bonds is 5. The van der Waals surface area contributed by atoms with Gasteiger partial charge < -0.3 is 0 Å². The van der Waals surface area contributed by atoms with Crippen LogP contribution in [0.1, 0.15) is 37.4 Å². The van der Waals surface area contributed by atoms with E-state index in [-0.39, 0.29) is 0 Å². The van der Waals surface area contributed by atoms with Crippen LogP contribution in [0.15, 0.2) is 24.4 Å². The van der Waals surface area contributed by atoms with Gasteiger partial charge in [-0.15, -0.1) is 5.10 Å². The Bertz CT molecular complexity index is 551. The number of hydrogen-bond donors (Lipinski definition) is 0. The van der Waals surface area contributed by atoms with Gasteiger partial charge in [-0.2, -0.15) is 0 Å². The van der Waals surface area contributed by atoms with Crippen molar-refractivity contribution in [3.63, 3.8) is 0 Å². The third-order valence-electron chi connectivity index (χ3n) is 3.26. The molecule has 1 unspecified atom stereocenters. The maximum Gasteiger partial charge on any atom is 0.0833 e. The molecule has 0 amide bonds. The molecular weight excluding hydrogens is 281 g/mol. The Balaban J connectivity index is 2.19. The molecule has 3 nitrogen and oxygen atoms in total. The molecule has 102 valence electrons. The molecule has 0 aliphatic carbocycles. The summed E-state index contributed by atoms with van der Waals surface area (Å²) < 4.78 is 1.84. The molecule has 0 fully saturated rings. The van der Waals surface area contributed by atoms with E-state index in [9.17, 15) is 0 Å². The van der Waals surface area contributed by atoms with E-state index in [1.807, 2.05) is 29.9 Å². The van der Waals surface area contributed by atoms with Gasteiger partial charge >= 0.3 is 0 Å². The number of hydrogen-bond acceptors (Lipinski definition) is 2. The van der Waals surface area contributed by atoms with E-state index in [1.165, 1.54) is 0 Å². The van der Waals surface area contributed by atoms with Gasteiger partial charge in [0.2, 0.25) is 0 Å². The first-order valence-electron chi connectivity index (χ1n) is 6.48. The zero-order valence-electron chi connectivity index (χ0n) is 11.1. The summed E-state index contributed by atoms with van der Waals surface area (Å²) in [5.41, 5.74) is 2.12. The number of aryl methyl sites for hydroxylation is 1. The molecule has 0 radical (unpaired) electrons. The number of nitrogens with zero attached hydrogens (tertiary/aromatic N) is 3. The van der Waals surface area contributed by atoms with Crippen molar-refractivity contribution >= 4 is 23.2 Å². The molecule has 2 aromatic rings. The van der Waals surface area contributed by atoms with E-state index in [0.29, 0.717) is 10.9 Å². The maximum absolute atomic E-state index is 6.28. The standard InChI is InChI=1S/C14H17Cl2N3/c1-3-10(7-12-9-19(4-2)18-17-12)13-6-5-11(15)8-14(13)16/h5-6,8-10H,3-4,7H2,1-2H3. The molecule has 1 heterocycles. The smallest absolute Gasteiger partial charge is 0.0833 e. The van der Waals surface area contributed by atoms with E-state index in [1.54, 1.807) is 6.07 Å². The number of benzene rings is 1. The Morgan fingerprint density at radius 1 is 1.26 bits per heavy atom. The molecule has 0 saturated carbocycles. The van der Waals surface area contributed by atoms with Crippen molar-refractivity contribution in [2.24, 2.45) is 0 Å². The van der Waals surface area contributed by atoms with Crippen molar-refractivity contribution in [1.82, 2.24) is 15.0 Å². The van der Waals surface area contributed by atoms with Gasteiger partial charge in [-0.1, -0.05) is 41.4 Å². The fourth-order valence-electron chi connectivity index (χ4n) is 2.15. The van der Waals surface area contributed by atoms with Crippen LogP contribution in [0.5, 0.6) is 0 Å². The van der Waals surface area contributed by atoms with Crippen LogP contribution in [-0.4, -0.2) is 15.0 Å². The number of aromatic nitrogens is 3. The minimum Gasteiger partial charge on any atom is -0.253 e. The van der Waals surface area contributed by atoms with E-state index >= 15 is 0 Å². The molecule has 19 heavy (non-hydrogen) atoms. The highest BCUT2D eigenvalue weighted by atomic mass is 35.5. The molecular formula is C14H17Cl2N3. The lowest BCUT2D eigenvalue weighted by atomic mass is 9.92. The first-order chi connectivity index (χ1) is 9.13. The quantitative estimate of drug-likeness (QED) is 0.822. The lowest BCUT2D eigenvalue weighted by Crippen LogP contribution is -2.03. The van der Waals surface area contributed by atoms with Crippen LogP contribution in [0.25, 0.3) is 0 Å². The summed E-state index contributed by atoms with van der Waals surface area (Å²) in [7, 11) is 0. The summed E-state index contributed by atoms with van der Waals surface area (Å²) in [5, 5.41) is 9.65. The average Bonchev–Trinajstić information content (AvgIpc) is 2.84. The van der Waals surface area contributed by atoms with Crippen LogP contribution >= 0.6 is 23.2 Å². The normalized spacial score (nSPS) is 12.6. The molecule has 2 rings (SSSR count). The van der Waals surface area contributed by atoms with Gasteiger partial charge in [0.25, 0.3) is 0 Å². The summed E-state index contributed by atoms with van der Waals surface area (Å²) in [6, 6.07) is 5.68. The fourth-order valence-corrected chi connectivity index (χ4v) is 2.71. The van der Waals surface area contributed by atoms with Crippen molar-refractivity contribution in [2.75, 3.05) is 0 Å². The van der Waals surface area contributed by atoms with Gasteiger partial charge in [0.15, 0.2) is 0 Å². The molecule has 0 spiro atoms. The van der Waals surface area contributed by atoms with Crippen molar-refractivity contribution < 1.29 is 0 Å². The molecule has 5 heteroatoms. The Morgan fingerprint density at radius 3 is 2.63 bits per heavy atom. The molecule has 1 aromatic heterocycles. The van der Waals surface area contributed by atoms with Crippen LogP contribution in [-0.2, 0) is 13.0 Å². The SMILES string of the molecule is CCC(Cc1cn(CC)nn1)c1ccc(Cl)cc1Cl. The van der Waals surface area contributed by atoms with Crippen molar-refractivity contribution in [3.8, 4) is 0 Å². The van der Waals surface area contributed by atoms with E-state index in [2.05, 4.69) is 17.2 Å². The molecule has 0 bridgehead atoms. The summed E-state index contributed by atoms with van der Waals surface area (Å²) >= 11 is 12.2. The van der Waals surface area contributed by atoms with Crippen LogP contribution < -0.4 is 0 Å². The van der Waals surface area contributed by atoms with Crippen molar-refractivity contribution in [3.05, 3.63) is 45.7 Å². The summed E-state index contributed by atoms with van der Waals surface area (Å²) in [6.07, 6.45) is 3.84. The first-order valence-corrected chi connectivity index (χ1v) is 7.23.